The van der Waals surface area contributed by atoms with E-state index in [0.29, 0.717) is 6.61 Å². The van der Waals surface area contributed by atoms with Crippen molar-refractivity contribution in [1.82, 2.24) is 25.4 Å². The molecule has 1 atom stereocenters. The first-order valence-corrected chi connectivity index (χ1v) is 11.2. The third-order valence-electron chi connectivity index (χ3n) is 6.58. The zero-order chi connectivity index (χ0) is 21.7. The van der Waals surface area contributed by atoms with E-state index in [4.69, 9.17) is 9.47 Å². The number of hydrogen-bond acceptors (Lipinski definition) is 5. The Morgan fingerprint density at radius 1 is 1.28 bits per heavy atom. The highest BCUT2D eigenvalue weighted by Gasteiger charge is 2.36. The number of aromatic nitrogens is 3. The zero-order valence-electron chi connectivity index (χ0n) is 19.3. The number of ether oxygens (including phenoxy) is 2. The summed E-state index contributed by atoms with van der Waals surface area (Å²) in [6.07, 6.45) is 6.78. The molecule has 0 radical (unpaired) electrons. The van der Waals surface area contributed by atoms with Gasteiger partial charge in [0.15, 0.2) is 11.8 Å². The average molecular weight is 554 g/mol. The molecule has 0 saturated heterocycles. The summed E-state index contributed by atoms with van der Waals surface area (Å²) in [7, 11) is 5.23. The van der Waals surface area contributed by atoms with Crippen molar-refractivity contribution in [3.05, 3.63) is 41.5 Å². The number of rotatable bonds is 7. The number of aliphatic imine (C=N–C) groups is 1. The summed E-state index contributed by atoms with van der Waals surface area (Å²) in [5.74, 6) is 3.56. The molecule has 2 aliphatic rings. The SMILES string of the molecule is CN=C(NCC1(c2cccc(OC)c2)CCCC1)NC1CCc2nc(COC)nn2C1.I. The van der Waals surface area contributed by atoms with Crippen LogP contribution in [-0.4, -0.2) is 54.6 Å². The number of halogens is 1. The van der Waals surface area contributed by atoms with Gasteiger partial charge in [0.1, 0.15) is 18.2 Å². The Hall–Kier alpha value is -1.88. The van der Waals surface area contributed by atoms with Crippen molar-refractivity contribution in [1.29, 1.82) is 0 Å². The van der Waals surface area contributed by atoms with Crippen molar-refractivity contribution in [2.45, 2.75) is 63.1 Å². The molecule has 9 heteroatoms. The fraction of sp³-hybridized carbons (Fsp3) is 0.609. The van der Waals surface area contributed by atoms with Crippen molar-refractivity contribution in [2.24, 2.45) is 4.99 Å². The predicted molar refractivity (Wildman–Crippen MR) is 136 cm³/mol. The second-order valence-corrected chi connectivity index (χ2v) is 8.58. The fourth-order valence-electron chi connectivity index (χ4n) is 4.88. The Kier molecular flexibility index (Phi) is 8.75. The van der Waals surface area contributed by atoms with E-state index in [9.17, 15) is 0 Å². The molecule has 0 spiro atoms. The van der Waals surface area contributed by atoms with Crippen molar-refractivity contribution >= 4 is 29.9 Å². The highest BCUT2D eigenvalue weighted by Crippen LogP contribution is 2.41. The highest BCUT2D eigenvalue weighted by atomic mass is 127. The molecule has 32 heavy (non-hydrogen) atoms. The fourth-order valence-corrected chi connectivity index (χ4v) is 4.88. The molecule has 1 aromatic carbocycles. The molecular weight excluding hydrogens is 519 g/mol. The quantitative estimate of drug-likeness (QED) is 0.311. The lowest BCUT2D eigenvalue weighted by Gasteiger charge is -2.32. The van der Waals surface area contributed by atoms with E-state index in [-0.39, 0.29) is 35.4 Å². The van der Waals surface area contributed by atoms with Crippen molar-refractivity contribution in [2.75, 3.05) is 27.8 Å². The molecule has 0 amide bonds. The third kappa shape index (κ3) is 5.54. The Balaban J connectivity index is 0.00000289. The predicted octanol–water partition coefficient (Wildman–Crippen LogP) is 3.04. The van der Waals surface area contributed by atoms with Gasteiger partial charge in [0.25, 0.3) is 0 Å². The van der Waals surface area contributed by atoms with Gasteiger partial charge in [-0.1, -0.05) is 25.0 Å². The minimum atomic E-state index is 0. The van der Waals surface area contributed by atoms with Gasteiger partial charge in [-0.3, -0.25) is 4.99 Å². The molecule has 1 aromatic heterocycles. The van der Waals surface area contributed by atoms with Crippen LogP contribution in [0.5, 0.6) is 5.75 Å². The Bertz CT molecular complexity index is 910. The van der Waals surface area contributed by atoms with E-state index in [1.807, 2.05) is 17.8 Å². The van der Waals surface area contributed by atoms with E-state index in [2.05, 4.69) is 43.9 Å². The maximum Gasteiger partial charge on any atom is 0.191 e. The molecule has 2 aromatic rings. The lowest BCUT2D eigenvalue weighted by molar-refractivity contribution is 0.177. The van der Waals surface area contributed by atoms with Crippen LogP contribution in [0.25, 0.3) is 0 Å². The molecule has 1 fully saturated rings. The van der Waals surface area contributed by atoms with Crippen LogP contribution in [0.4, 0.5) is 0 Å². The molecular formula is C23H35IN6O2. The van der Waals surface area contributed by atoms with Gasteiger partial charge in [0.05, 0.1) is 13.7 Å². The van der Waals surface area contributed by atoms with E-state index >= 15 is 0 Å². The van der Waals surface area contributed by atoms with E-state index in [1.165, 1.54) is 31.2 Å². The first kappa shape index (κ1) is 24.8. The summed E-state index contributed by atoms with van der Waals surface area (Å²) < 4.78 is 12.6. The molecule has 2 heterocycles. The van der Waals surface area contributed by atoms with Crippen LogP contribution < -0.4 is 15.4 Å². The molecule has 8 nitrogen and oxygen atoms in total. The molecule has 2 N–H and O–H groups in total. The summed E-state index contributed by atoms with van der Waals surface area (Å²) in [6.45, 7) is 2.10. The number of guanidine groups is 1. The first-order valence-electron chi connectivity index (χ1n) is 11.2. The number of nitrogens with zero attached hydrogens (tertiary/aromatic N) is 4. The standard InChI is InChI=1S/C23H34N6O2.HI/c1-24-22(26-18-9-10-21-27-20(15-30-2)28-29(21)14-18)25-16-23(11-4-5-12-23)17-7-6-8-19(13-17)31-3;/h6-8,13,18H,4-5,9-12,14-16H2,1-3H3,(H2,24,25,26);1H. The van der Waals surface area contributed by atoms with Gasteiger partial charge in [0.2, 0.25) is 0 Å². The van der Waals surface area contributed by atoms with Crippen LogP contribution in [0.15, 0.2) is 29.3 Å². The minimum Gasteiger partial charge on any atom is -0.497 e. The number of benzene rings is 1. The van der Waals surface area contributed by atoms with Gasteiger partial charge in [-0.2, -0.15) is 5.10 Å². The third-order valence-corrected chi connectivity index (χ3v) is 6.58. The van der Waals surface area contributed by atoms with Gasteiger partial charge < -0.3 is 20.1 Å². The number of hydrogen-bond donors (Lipinski definition) is 2. The number of fused-ring (bicyclic) bond motifs is 1. The molecule has 176 valence electrons. The van der Waals surface area contributed by atoms with E-state index in [0.717, 1.165) is 49.3 Å². The second kappa shape index (κ2) is 11.3. The van der Waals surface area contributed by atoms with Crippen molar-refractivity contribution in [3.63, 3.8) is 0 Å². The Labute approximate surface area is 207 Å². The molecule has 1 aliphatic carbocycles. The van der Waals surface area contributed by atoms with Gasteiger partial charge in [0, 0.05) is 38.6 Å². The van der Waals surface area contributed by atoms with Crippen LogP contribution in [0.2, 0.25) is 0 Å². The molecule has 1 saturated carbocycles. The lowest BCUT2D eigenvalue weighted by atomic mass is 9.78. The molecule has 4 rings (SSSR count). The number of nitrogens with one attached hydrogen (secondary N) is 2. The van der Waals surface area contributed by atoms with Gasteiger partial charge in [-0.05, 0) is 37.0 Å². The topological polar surface area (TPSA) is 85.6 Å². The molecule has 1 unspecified atom stereocenters. The summed E-state index contributed by atoms with van der Waals surface area (Å²) in [6, 6.07) is 8.80. The van der Waals surface area contributed by atoms with Gasteiger partial charge >= 0.3 is 0 Å². The zero-order valence-corrected chi connectivity index (χ0v) is 21.6. The first-order chi connectivity index (χ1) is 15.2. The van der Waals surface area contributed by atoms with Crippen LogP contribution in [0.1, 0.15) is 49.3 Å². The maximum atomic E-state index is 5.47. The Morgan fingerprint density at radius 2 is 2.09 bits per heavy atom. The minimum absolute atomic E-state index is 0. The monoisotopic (exact) mass is 554 g/mol. The summed E-state index contributed by atoms with van der Waals surface area (Å²) in [4.78, 5) is 9.06. The van der Waals surface area contributed by atoms with Crippen LogP contribution >= 0.6 is 24.0 Å². The van der Waals surface area contributed by atoms with Crippen molar-refractivity contribution < 1.29 is 9.47 Å². The largest absolute Gasteiger partial charge is 0.497 e. The van der Waals surface area contributed by atoms with Crippen LogP contribution in [0.3, 0.4) is 0 Å². The van der Waals surface area contributed by atoms with Gasteiger partial charge in [-0.15, -0.1) is 24.0 Å². The smallest absolute Gasteiger partial charge is 0.191 e. The molecule has 0 bridgehead atoms. The average Bonchev–Trinajstić information content (AvgIpc) is 3.44. The van der Waals surface area contributed by atoms with Crippen molar-refractivity contribution in [3.8, 4) is 5.75 Å². The summed E-state index contributed by atoms with van der Waals surface area (Å²) in [5, 5.41) is 11.8. The second-order valence-electron chi connectivity index (χ2n) is 8.58. The molecule has 1 aliphatic heterocycles. The Morgan fingerprint density at radius 3 is 2.81 bits per heavy atom. The summed E-state index contributed by atoms with van der Waals surface area (Å²) >= 11 is 0. The number of methoxy groups -OCH3 is 2. The van der Waals surface area contributed by atoms with E-state index < -0.39 is 0 Å². The van der Waals surface area contributed by atoms with Gasteiger partial charge in [-0.25, -0.2) is 9.67 Å². The summed E-state index contributed by atoms with van der Waals surface area (Å²) in [5.41, 5.74) is 1.47. The van der Waals surface area contributed by atoms with Crippen LogP contribution in [-0.2, 0) is 29.7 Å². The van der Waals surface area contributed by atoms with Crippen LogP contribution in [0, 0.1) is 0 Å². The maximum absolute atomic E-state index is 5.47. The lowest BCUT2D eigenvalue weighted by Crippen LogP contribution is -2.50. The highest BCUT2D eigenvalue weighted by molar-refractivity contribution is 14.0. The normalized spacial score (nSPS) is 19.7. The van der Waals surface area contributed by atoms with E-state index in [1.54, 1.807) is 14.2 Å². The number of aryl methyl sites for hydroxylation is 1.